The van der Waals surface area contributed by atoms with E-state index in [0.29, 0.717) is 13.1 Å². The van der Waals surface area contributed by atoms with E-state index in [-0.39, 0.29) is 23.8 Å². The molecule has 0 bridgehead atoms. The van der Waals surface area contributed by atoms with Crippen molar-refractivity contribution in [1.82, 2.24) is 15.2 Å². The van der Waals surface area contributed by atoms with E-state index >= 15 is 0 Å². The number of amides is 2. The minimum atomic E-state index is -0.378. The van der Waals surface area contributed by atoms with Gasteiger partial charge in [0.25, 0.3) is 0 Å². The van der Waals surface area contributed by atoms with Crippen molar-refractivity contribution in [3.05, 3.63) is 29.6 Å². The lowest BCUT2D eigenvalue weighted by Crippen LogP contribution is -2.44. The van der Waals surface area contributed by atoms with Crippen LogP contribution >= 0.6 is 0 Å². The zero-order chi connectivity index (χ0) is 14.0. The van der Waals surface area contributed by atoms with E-state index in [1.165, 1.54) is 6.92 Å². The van der Waals surface area contributed by atoms with Crippen molar-refractivity contribution in [2.45, 2.75) is 39.3 Å². The average molecular weight is 261 g/mol. The van der Waals surface area contributed by atoms with E-state index in [1.54, 1.807) is 11.1 Å². The van der Waals surface area contributed by atoms with E-state index in [0.717, 1.165) is 11.3 Å². The number of hydrogen-bond donors (Lipinski definition) is 1. The monoisotopic (exact) mass is 261 g/mol. The van der Waals surface area contributed by atoms with Crippen LogP contribution in [0.1, 0.15) is 37.9 Å². The maximum atomic E-state index is 12.3. The minimum absolute atomic E-state index is 0.0168. The number of aromatic nitrogens is 1. The molecule has 1 aliphatic heterocycles. The highest BCUT2D eigenvalue weighted by Crippen LogP contribution is 2.26. The largest absolute Gasteiger partial charge is 0.353 e. The molecule has 2 heterocycles. The van der Waals surface area contributed by atoms with E-state index in [2.05, 4.69) is 10.3 Å². The van der Waals surface area contributed by atoms with Crippen molar-refractivity contribution in [2.75, 3.05) is 6.54 Å². The number of fused-ring (bicyclic) bond motifs is 1. The standard InChI is InChI=1S/C14H19N3O2/c1-9(2)16-14(19)12-8-17(10(3)18)7-11-5-4-6-15-13(11)12/h4-6,9,12H,7-8H2,1-3H3,(H,16,19). The second-order valence-corrected chi connectivity index (χ2v) is 5.16. The van der Waals surface area contributed by atoms with Crippen LogP contribution in [0.5, 0.6) is 0 Å². The van der Waals surface area contributed by atoms with Crippen LogP contribution in [0.3, 0.4) is 0 Å². The summed E-state index contributed by atoms with van der Waals surface area (Å²) >= 11 is 0. The maximum Gasteiger partial charge on any atom is 0.231 e. The third kappa shape index (κ3) is 2.92. The van der Waals surface area contributed by atoms with Crippen LogP contribution in [0.4, 0.5) is 0 Å². The summed E-state index contributed by atoms with van der Waals surface area (Å²) in [7, 11) is 0. The number of carbonyl (C=O) groups excluding carboxylic acids is 2. The smallest absolute Gasteiger partial charge is 0.231 e. The molecule has 0 saturated heterocycles. The lowest BCUT2D eigenvalue weighted by atomic mass is 9.93. The minimum Gasteiger partial charge on any atom is -0.353 e. The molecule has 19 heavy (non-hydrogen) atoms. The number of nitrogens with one attached hydrogen (secondary N) is 1. The maximum absolute atomic E-state index is 12.3. The third-order valence-electron chi connectivity index (χ3n) is 3.21. The fourth-order valence-electron chi connectivity index (χ4n) is 2.31. The second kappa shape index (κ2) is 5.38. The Morgan fingerprint density at radius 1 is 1.47 bits per heavy atom. The normalized spacial score (nSPS) is 18.1. The molecule has 0 aliphatic carbocycles. The van der Waals surface area contributed by atoms with Crippen LogP contribution < -0.4 is 5.32 Å². The lowest BCUT2D eigenvalue weighted by molar-refractivity contribution is -0.131. The Morgan fingerprint density at radius 3 is 2.84 bits per heavy atom. The molecule has 2 rings (SSSR count). The van der Waals surface area contributed by atoms with E-state index in [1.807, 2.05) is 26.0 Å². The van der Waals surface area contributed by atoms with Gasteiger partial charge in [-0.1, -0.05) is 6.07 Å². The molecule has 5 heteroatoms. The van der Waals surface area contributed by atoms with Gasteiger partial charge in [-0.2, -0.15) is 0 Å². The quantitative estimate of drug-likeness (QED) is 0.865. The first-order valence-corrected chi connectivity index (χ1v) is 6.48. The second-order valence-electron chi connectivity index (χ2n) is 5.16. The SMILES string of the molecule is CC(=O)N1Cc2cccnc2C(C(=O)NC(C)C)C1. The number of nitrogens with zero attached hydrogens (tertiary/aromatic N) is 2. The molecule has 0 radical (unpaired) electrons. The Labute approximate surface area is 113 Å². The van der Waals surface area contributed by atoms with Crippen LogP contribution in [0.2, 0.25) is 0 Å². The van der Waals surface area contributed by atoms with E-state index < -0.39 is 0 Å². The van der Waals surface area contributed by atoms with Gasteiger partial charge in [0, 0.05) is 32.3 Å². The summed E-state index contributed by atoms with van der Waals surface area (Å²) in [5.74, 6) is -0.464. The van der Waals surface area contributed by atoms with E-state index in [4.69, 9.17) is 0 Å². The molecule has 5 nitrogen and oxygen atoms in total. The van der Waals surface area contributed by atoms with Crippen molar-refractivity contribution in [1.29, 1.82) is 0 Å². The number of hydrogen-bond acceptors (Lipinski definition) is 3. The average Bonchev–Trinajstić information content (AvgIpc) is 2.36. The molecule has 1 aliphatic rings. The van der Waals surface area contributed by atoms with Crippen LogP contribution in [0.15, 0.2) is 18.3 Å². The van der Waals surface area contributed by atoms with Gasteiger partial charge in [0.05, 0.1) is 11.6 Å². The van der Waals surface area contributed by atoms with Gasteiger partial charge in [0.2, 0.25) is 11.8 Å². The summed E-state index contributed by atoms with van der Waals surface area (Å²) < 4.78 is 0. The molecule has 0 spiro atoms. The summed E-state index contributed by atoms with van der Waals surface area (Å²) in [6.07, 6.45) is 1.69. The number of rotatable bonds is 2. The van der Waals surface area contributed by atoms with Gasteiger partial charge in [0.15, 0.2) is 0 Å². The van der Waals surface area contributed by atoms with Crippen LogP contribution in [-0.4, -0.2) is 34.3 Å². The van der Waals surface area contributed by atoms with Crippen molar-refractivity contribution in [3.8, 4) is 0 Å². The first-order chi connectivity index (χ1) is 8.99. The Balaban J connectivity index is 2.31. The molecule has 1 unspecified atom stereocenters. The van der Waals surface area contributed by atoms with Gasteiger partial charge in [-0.25, -0.2) is 0 Å². The van der Waals surface area contributed by atoms with Crippen molar-refractivity contribution in [3.63, 3.8) is 0 Å². The number of carbonyl (C=O) groups is 2. The highest BCUT2D eigenvalue weighted by Gasteiger charge is 2.32. The molecule has 0 saturated carbocycles. The molecule has 0 aromatic carbocycles. The predicted molar refractivity (Wildman–Crippen MR) is 71.3 cm³/mol. The molecule has 1 atom stereocenters. The van der Waals surface area contributed by atoms with Crippen LogP contribution in [0, 0.1) is 0 Å². The Hall–Kier alpha value is -1.91. The van der Waals surface area contributed by atoms with Gasteiger partial charge in [-0.15, -0.1) is 0 Å². The molecule has 1 N–H and O–H groups in total. The zero-order valence-electron chi connectivity index (χ0n) is 11.5. The van der Waals surface area contributed by atoms with Crippen molar-refractivity contribution in [2.24, 2.45) is 0 Å². The summed E-state index contributed by atoms with van der Waals surface area (Å²) in [5, 5.41) is 2.90. The lowest BCUT2D eigenvalue weighted by Gasteiger charge is -2.32. The van der Waals surface area contributed by atoms with Crippen LogP contribution in [-0.2, 0) is 16.1 Å². The fourth-order valence-corrected chi connectivity index (χ4v) is 2.31. The highest BCUT2D eigenvalue weighted by molar-refractivity contribution is 5.85. The highest BCUT2D eigenvalue weighted by atomic mass is 16.2. The van der Waals surface area contributed by atoms with Gasteiger partial charge in [-0.3, -0.25) is 14.6 Å². The van der Waals surface area contributed by atoms with Crippen molar-refractivity contribution >= 4 is 11.8 Å². The molecule has 1 aromatic rings. The summed E-state index contributed by atoms with van der Waals surface area (Å²) in [4.78, 5) is 29.8. The Kier molecular flexibility index (Phi) is 3.83. The summed E-state index contributed by atoms with van der Waals surface area (Å²) in [5.41, 5.74) is 1.74. The van der Waals surface area contributed by atoms with Crippen molar-refractivity contribution < 1.29 is 9.59 Å². The van der Waals surface area contributed by atoms with Gasteiger partial charge < -0.3 is 10.2 Å². The van der Waals surface area contributed by atoms with Gasteiger partial charge in [-0.05, 0) is 25.5 Å². The molecule has 0 fully saturated rings. The third-order valence-corrected chi connectivity index (χ3v) is 3.21. The van der Waals surface area contributed by atoms with E-state index in [9.17, 15) is 9.59 Å². The molecule has 2 amide bonds. The summed E-state index contributed by atoms with van der Waals surface area (Å²) in [6, 6.07) is 3.83. The predicted octanol–water partition coefficient (Wildman–Crippen LogP) is 1.05. The van der Waals surface area contributed by atoms with Gasteiger partial charge in [0.1, 0.15) is 0 Å². The Morgan fingerprint density at radius 2 is 2.21 bits per heavy atom. The number of pyridine rings is 1. The first kappa shape index (κ1) is 13.5. The molecule has 1 aromatic heterocycles. The Bertz CT molecular complexity index is 499. The molecular formula is C14H19N3O2. The molecular weight excluding hydrogens is 242 g/mol. The fraction of sp³-hybridized carbons (Fsp3) is 0.500. The van der Waals surface area contributed by atoms with Crippen LogP contribution in [0.25, 0.3) is 0 Å². The summed E-state index contributed by atoms with van der Waals surface area (Å²) in [6.45, 7) is 6.30. The van der Waals surface area contributed by atoms with Gasteiger partial charge >= 0.3 is 0 Å². The molecule has 102 valence electrons. The topological polar surface area (TPSA) is 62.3 Å². The first-order valence-electron chi connectivity index (χ1n) is 6.48. The zero-order valence-corrected chi connectivity index (χ0v) is 11.5.